The van der Waals surface area contributed by atoms with E-state index < -0.39 is 23.1 Å². The Morgan fingerprint density at radius 1 is 1.38 bits per heavy atom. The summed E-state index contributed by atoms with van der Waals surface area (Å²) in [6, 6.07) is 9.24. The Hall–Kier alpha value is -4.19. The van der Waals surface area contributed by atoms with Gasteiger partial charge in [0.15, 0.2) is 18.1 Å². The van der Waals surface area contributed by atoms with Gasteiger partial charge in [-0.05, 0) is 11.0 Å². The first kappa shape index (κ1) is 22.5. The molecule has 13 heteroatoms. The fraction of sp³-hybridized carbons (Fsp3) is 0.158. The molecule has 2 aromatic carbocycles. The molecule has 0 aliphatic heterocycles. The Morgan fingerprint density at radius 2 is 2.12 bits per heavy atom. The van der Waals surface area contributed by atoms with Crippen LogP contribution in [0.25, 0.3) is 11.3 Å². The van der Waals surface area contributed by atoms with Crippen LogP contribution in [0.4, 0.5) is 5.69 Å². The fourth-order valence-corrected chi connectivity index (χ4v) is 2.81. The van der Waals surface area contributed by atoms with Crippen molar-refractivity contribution in [3.63, 3.8) is 0 Å². The molecule has 1 amide bonds. The Bertz CT molecular complexity index is 1190. The molecule has 1 aromatic heterocycles. The Labute approximate surface area is 185 Å². The number of hydrogen-bond donors (Lipinski definition) is 1. The van der Waals surface area contributed by atoms with E-state index in [1.807, 2.05) is 0 Å². The van der Waals surface area contributed by atoms with Gasteiger partial charge < -0.3 is 14.7 Å². The number of rotatable bonds is 8. The summed E-state index contributed by atoms with van der Waals surface area (Å²) in [6.07, 6.45) is 1.36. The van der Waals surface area contributed by atoms with Gasteiger partial charge in [-0.1, -0.05) is 29.8 Å². The lowest BCUT2D eigenvalue weighted by Crippen LogP contribution is -2.25. The number of nitro benzene ring substituents is 1. The number of ether oxygens (including phenoxy) is 2. The molecule has 166 valence electrons. The van der Waals surface area contributed by atoms with Crippen LogP contribution < -0.4 is 19.8 Å². The van der Waals surface area contributed by atoms with Crippen molar-refractivity contribution in [3.05, 3.63) is 68.0 Å². The minimum absolute atomic E-state index is 0.0103. The fourth-order valence-electron chi connectivity index (χ4n) is 2.63. The van der Waals surface area contributed by atoms with Crippen LogP contribution in [0.3, 0.4) is 0 Å². The molecule has 0 saturated heterocycles. The van der Waals surface area contributed by atoms with E-state index in [2.05, 4.69) is 20.3 Å². The Morgan fingerprint density at radius 3 is 2.75 bits per heavy atom. The van der Waals surface area contributed by atoms with Crippen LogP contribution in [0.5, 0.6) is 11.5 Å². The molecule has 0 radical (unpaired) electrons. The molecule has 0 atom stereocenters. The monoisotopic (exact) mass is 461 g/mol. The van der Waals surface area contributed by atoms with E-state index in [4.69, 9.17) is 21.1 Å². The number of hydrazone groups is 1. The molecule has 0 fully saturated rings. The lowest BCUT2D eigenvalue weighted by molar-refractivity contribution is -0.806. The summed E-state index contributed by atoms with van der Waals surface area (Å²) in [7, 11) is 1.31. The van der Waals surface area contributed by atoms with E-state index in [0.717, 1.165) is 6.07 Å². The van der Waals surface area contributed by atoms with Gasteiger partial charge in [-0.25, -0.2) is 5.43 Å². The molecule has 0 aliphatic carbocycles. The van der Waals surface area contributed by atoms with E-state index in [1.165, 1.54) is 26.3 Å². The van der Waals surface area contributed by atoms with Crippen LogP contribution >= 0.6 is 11.6 Å². The van der Waals surface area contributed by atoms with Crippen LogP contribution in [0.2, 0.25) is 5.02 Å². The Kier molecular flexibility index (Phi) is 6.85. The number of nitro groups is 1. The highest BCUT2D eigenvalue weighted by atomic mass is 35.5. The summed E-state index contributed by atoms with van der Waals surface area (Å²) in [5.41, 5.74) is 2.44. The molecule has 1 heterocycles. The first-order valence-corrected chi connectivity index (χ1v) is 9.32. The van der Waals surface area contributed by atoms with Crippen molar-refractivity contribution in [2.45, 2.75) is 6.92 Å². The van der Waals surface area contributed by atoms with Crippen molar-refractivity contribution in [1.29, 1.82) is 0 Å². The highest BCUT2D eigenvalue weighted by molar-refractivity contribution is 6.33. The minimum Gasteiger partial charge on any atom is -0.493 e. The number of halogens is 1. The number of hydrogen-bond acceptors (Lipinski definition) is 9. The van der Waals surface area contributed by atoms with Crippen LogP contribution in [0, 0.1) is 22.2 Å². The number of methoxy groups -OCH3 is 1. The quantitative estimate of drug-likeness (QED) is 0.232. The molecule has 3 rings (SSSR count). The van der Waals surface area contributed by atoms with Gasteiger partial charge in [-0.2, -0.15) is 5.10 Å². The van der Waals surface area contributed by atoms with Gasteiger partial charge >= 0.3 is 0 Å². The molecular formula is C19H16ClN5O7. The van der Waals surface area contributed by atoms with Gasteiger partial charge in [-0.3, -0.25) is 19.5 Å². The predicted octanol–water partition coefficient (Wildman–Crippen LogP) is 2.38. The zero-order valence-electron chi connectivity index (χ0n) is 16.8. The molecule has 1 N–H and O–H groups in total. The van der Waals surface area contributed by atoms with Crippen molar-refractivity contribution in [3.8, 4) is 22.8 Å². The largest absolute Gasteiger partial charge is 0.493 e. The number of nitrogens with one attached hydrogen (secondary N) is 1. The molecule has 32 heavy (non-hydrogen) atoms. The SMILES string of the molecule is COc1cc(-c2no[n+]([O-])c2C)c([N+](=O)[O-])cc1OCC(=O)N/N=C/c1ccccc1Cl. The number of benzene rings is 2. The van der Waals surface area contributed by atoms with Crippen LogP contribution in [0.15, 0.2) is 46.1 Å². The lowest BCUT2D eigenvalue weighted by Gasteiger charge is -2.11. The first-order valence-electron chi connectivity index (χ1n) is 8.94. The van der Waals surface area contributed by atoms with Crippen molar-refractivity contribution in [2.75, 3.05) is 13.7 Å². The minimum atomic E-state index is -0.682. The van der Waals surface area contributed by atoms with Crippen molar-refractivity contribution < 1.29 is 28.7 Å². The third-order valence-electron chi connectivity index (χ3n) is 4.21. The maximum atomic E-state index is 12.0. The number of carbonyl (C=O) groups is 1. The average Bonchev–Trinajstić information content (AvgIpc) is 3.11. The smallest absolute Gasteiger partial charge is 0.285 e. The summed E-state index contributed by atoms with van der Waals surface area (Å²) < 4.78 is 15.1. The van der Waals surface area contributed by atoms with Crippen molar-refractivity contribution in [2.24, 2.45) is 5.10 Å². The summed E-state index contributed by atoms with van der Waals surface area (Å²) in [5.74, 6) is -0.607. The molecule has 3 aromatic rings. The molecule has 12 nitrogen and oxygen atoms in total. The molecular weight excluding hydrogens is 446 g/mol. The van der Waals surface area contributed by atoms with Crippen molar-refractivity contribution >= 4 is 29.4 Å². The second-order valence-electron chi connectivity index (χ2n) is 6.24. The van der Waals surface area contributed by atoms with Gasteiger partial charge in [0.25, 0.3) is 17.3 Å². The zero-order valence-corrected chi connectivity index (χ0v) is 17.5. The number of carbonyl (C=O) groups excluding carboxylic acids is 1. The molecule has 0 aliphatic rings. The molecule has 0 saturated carbocycles. The standard InChI is InChI=1S/C19H16ClN5O7/c1-11-19(23-32-25(11)29)13-7-16(30-2)17(8-15(13)24(27)28)31-10-18(26)22-21-9-12-5-3-4-6-14(12)20/h3-9H,10H2,1-2H3,(H,22,26)/b21-9+. The molecule has 0 bridgehead atoms. The highest BCUT2D eigenvalue weighted by Gasteiger charge is 2.29. The van der Waals surface area contributed by atoms with Crippen LogP contribution in [-0.2, 0) is 4.79 Å². The van der Waals surface area contributed by atoms with Crippen molar-refractivity contribution in [1.82, 2.24) is 10.6 Å². The van der Waals surface area contributed by atoms with Gasteiger partial charge in [0, 0.05) is 28.7 Å². The third-order valence-corrected chi connectivity index (χ3v) is 4.56. The summed E-state index contributed by atoms with van der Waals surface area (Å²) in [5, 5.41) is 30.9. The summed E-state index contributed by atoms with van der Waals surface area (Å²) in [6.45, 7) is 0.892. The summed E-state index contributed by atoms with van der Waals surface area (Å²) in [4.78, 5) is 23.0. The van der Waals surface area contributed by atoms with Crippen LogP contribution in [-0.4, -0.2) is 35.9 Å². The summed E-state index contributed by atoms with van der Waals surface area (Å²) >= 11 is 6.00. The van der Waals surface area contributed by atoms with E-state index in [1.54, 1.807) is 24.3 Å². The number of amides is 1. The zero-order chi connectivity index (χ0) is 23.3. The van der Waals surface area contributed by atoms with Gasteiger partial charge in [0.05, 0.1) is 24.3 Å². The number of nitrogens with zero attached hydrogens (tertiary/aromatic N) is 4. The first-order chi connectivity index (χ1) is 15.3. The highest BCUT2D eigenvalue weighted by Crippen LogP contribution is 2.39. The van der Waals surface area contributed by atoms with E-state index in [0.29, 0.717) is 10.6 Å². The second-order valence-corrected chi connectivity index (χ2v) is 6.65. The number of aromatic nitrogens is 2. The van der Waals surface area contributed by atoms with Gasteiger partial charge in [0.2, 0.25) is 5.69 Å². The normalized spacial score (nSPS) is 10.8. The molecule has 0 spiro atoms. The lowest BCUT2D eigenvalue weighted by atomic mass is 10.1. The maximum Gasteiger partial charge on any atom is 0.285 e. The van der Waals surface area contributed by atoms with E-state index in [9.17, 15) is 20.1 Å². The maximum absolute atomic E-state index is 12.0. The van der Waals surface area contributed by atoms with E-state index >= 15 is 0 Å². The predicted molar refractivity (Wildman–Crippen MR) is 112 cm³/mol. The second kappa shape index (κ2) is 9.75. The Balaban J connectivity index is 1.77. The average molecular weight is 462 g/mol. The topological polar surface area (TPSA) is 156 Å². The molecule has 0 unspecified atom stereocenters. The van der Waals surface area contributed by atoms with Crippen LogP contribution in [0.1, 0.15) is 11.3 Å². The third kappa shape index (κ3) is 4.92. The van der Waals surface area contributed by atoms with Gasteiger partial charge in [-0.15, -0.1) is 0 Å². The van der Waals surface area contributed by atoms with E-state index in [-0.39, 0.29) is 33.4 Å². The van der Waals surface area contributed by atoms with Gasteiger partial charge in [0.1, 0.15) is 5.56 Å².